The van der Waals surface area contributed by atoms with Crippen LogP contribution in [0.5, 0.6) is 5.75 Å². The molecule has 3 aromatic carbocycles. The van der Waals surface area contributed by atoms with Crippen LogP contribution in [-0.2, 0) is 76.8 Å². The summed E-state index contributed by atoms with van der Waals surface area (Å²) in [4.78, 5) is 173. The maximum absolute atomic E-state index is 15.0. The molecule has 0 aromatic heterocycles. The Morgan fingerprint density at radius 2 is 0.888 bits per heavy atom. The third-order valence-corrected chi connectivity index (χ3v) is 15.3. The summed E-state index contributed by atoms with van der Waals surface area (Å²) in [6.45, 7) is 10.7. The van der Waals surface area contributed by atoms with Crippen LogP contribution in [0.3, 0.4) is 0 Å². The maximum atomic E-state index is 15.0. The molecule has 2 saturated heterocycles. The standard InChI is InChI=1S/C63H89N13O13/c1-35(2)29-44-57(83)74-49(33-39-17-11-8-12-18-39)63(89)76-28-14-20-50(76)61(87)73-45(30-36(3)4)56(82)71-46(31-38-15-9-7-10-16-38)58(84)72-48(34-52(66)79)59(85)67-43(25-26-51(65)78)55(81)70-47(32-40-21-23-41(77)24-22-40)60(86)75-53(37(5)6)62(88)68-42(19-13-27-64)54(80)69-44/h7-12,15-18,21-24,35-37,42-50,53,77H,13-14,19-20,25-34,64H2,1-6H3,(H2,65,78)(H2,66,79)(H,67,85)(H,68,88)(H,69,80)(H,70,81)(H,71,82)(H,72,84)(H,73,87)(H,74,83)(H,75,86)/t42-,43-,44-,45-,46-,47-,48-,49-,50-,53-/m0/s1. The zero-order valence-electron chi connectivity index (χ0n) is 51.5. The molecule has 2 fully saturated rings. The molecule has 5 rings (SSSR count). The number of hydrogen-bond donors (Lipinski definition) is 13. The Morgan fingerprint density at radius 1 is 0.483 bits per heavy atom. The quantitative estimate of drug-likeness (QED) is 0.0715. The van der Waals surface area contributed by atoms with Crippen molar-refractivity contribution in [1.29, 1.82) is 0 Å². The first-order valence-corrected chi connectivity index (χ1v) is 30.4. The van der Waals surface area contributed by atoms with Crippen LogP contribution in [0, 0.1) is 17.8 Å². The normalized spacial score (nSPS) is 24.4. The summed E-state index contributed by atoms with van der Waals surface area (Å²) in [5.74, 6) is -11.8. The van der Waals surface area contributed by atoms with Crippen LogP contribution in [0.2, 0.25) is 0 Å². The van der Waals surface area contributed by atoms with Gasteiger partial charge >= 0.3 is 0 Å². The van der Waals surface area contributed by atoms with Crippen molar-refractivity contribution in [2.45, 2.75) is 179 Å². The van der Waals surface area contributed by atoms with Crippen LogP contribution in [0.1, 0.15) is 116 Å². The second-order valence-electron chi connectivity index (χ2n) is 24.0. The summed E-state index contributed by atoms with van der Waals surface area (Å²) < 4.78 is 0. The number of amides is 12. The highest BCUT2D eigenvalue weighted by Gasteiger charge is 2.42. The first kappa shape index (κ1) is 70.8. The highest BCUT2D eigenvalue weighted by atomic mass is 16.3. The number of hydrogen-bond acceptors (Lipinski definition) is 14. The van der Waals surface area contributed by atoms with Crippen LogP contribution in [0.15, 0.2) is 84.9 Å². The summed E-state index contributed by atoms with van der Waals surface area (Å²) in [6, 6.07) is 8.59. The zero-order chi connectivity index (χ0) is 65.5. The maximum Gasteiger partial charge on any atom is 0.246 e. The lowest BCUT2D eigenvalue weighted by molar-refractivity contribution is -0.142. The van der Waals surface area contributed by atoms with Gasteiger partial charge in [0.25, 0.3) is 0 Å². The predicted molar refractivity (Wildman–Crippen MR) is 328 cm³/mol. The fourth-order valence-corrected chi connectivity index (χ4v) is 10.6. The van der Waals surface area contributed by atoms with Crippen molar-refractivity contribution < 1.29 is 62.6 Å². The summed E-state index contributed by atoms with van der Waals surface area (Å²) >= 11 is 0. The topological polar surface area (TPSA) is 415 Å². The van der Waals surface area contributed by atoms with Gasteiger partial charge in [0.2, 0.25) is 70.9 Å². The lowest BCUT2D eigenvalue weighted by Crippen LogP contribution is -2.62. The van der Waals surface area contributed by atoms with E-state index in [2.05, 4.69) is 47.9 Å². The molecule has 3 aromatic rings. The molecule has 16 N–H and O–H groups in total. The minimum atomic E-state index is -1.83. The molecule has 2 aliphatic rings. The molecule has 0 saturated carbocycles. The molecule has 0 bridgehead atoms. The lowest BCUT2D eigenvalue weighted by atomic mass is 9.98. The van der Waals surface area contributed by atoms with E-state index in [1.54, 1.807) is 88.4 Å². The molecule has 484 valence electrons. The number of phenols is 1. The van der Waals surface area contributed by atoms with Crippen molar-refractivity contribution in [2.75, 3.05) is 13.1 Å². The van der Waals surface area contributed by atoms with Crippen LogP contribution < -0.4 is 65.1 Å². The molecule has 2 heterocycles. The second kappa shape index (κ2) is 34.6. The van der Waals surface area contributed by atoms with Gasteiger partial charge in [-0.15, -0.1) is 0 Å². The van der Waals surface area contributed by atoms with Gasteiger partial charge in [-0.2, -0.15) is 0 Å². The van der Waals surface area contributed by atoms with E-state index in [4.69, 9.17) is 17.2 Å². The highest BCUT2D eigenvalue weighted by Crippen LogP contribution is 2.22. The fraction of sp³-hybridized carbons (Fsp3) is 0.524. The first-order valence-electron chi connectivity index (χ1n) is 30.4. The number of aromatic hydroxyl groups is 1. The number of nitrogens with zero attached hydrogens (tertiary/aromatic N) is 1. The van der Waals surface area contributed by atoms with Crippen molar-refractivity contribution >= 4 is 70.9 Å². The Labute approximate surface area is 518 Å². The molecule has 26 heteroatoms. The minimum Gasteiger partial charge on any atom is -0.508 e. The Kier molecular flexibility index (Phi) is 27.5. The summed E-state index contributed by atoms with van der Waals surface area (Å²) in [7, 11) is 0. The molecule has 10 atom stereocenters. The highest BCUT2D eigenvalue weighted by molar-refractivity contribution is 6.00. The van der Waals surface area contributed by atoms with E-state index in [0.717, 1.165) is 0 Å². The molecule has 2 aliphatic heterocycles. The van der Waals surface area contributed by atoms with Crippen LogP contribution in [-0.4, -0.2) is 154 Å². The summed E-state index contributed by atoms with van der Waals surface area (Å²) in [5, 5.41) is 34.3. The third kappa shape index (κ3) is 22.6. The molecule has 0 radical (unpaired) electrons. The molecule has 0 spiro atoms. The van der Waals surface area contributed by atoms with Crippen molar-refractivity contribution in [1.82, 2.24) is 52.8 Å². The minimum absolute atomic E-state index is 0.0216. The number of fused-ring (bicyclic) bond motifs is 1. The molecule has 26 nitrogen and oxygen atoms in total. The second-order valence-corrected chi connectivity index (χ2v) is 24.0. The Morgan fingerprint density at radius 3 is 1.38 bits per heavy atom. The van der Waals surface area contributed by atoms with Gasteiger partial charge in [0, 0.05) is 32.2 Å². The van der Waals surface area contributed by atoms with E-state index in [1.165, 1.54) is 29.2 Å². The Hall–Kier alpha value is -8.94. The molecule has 89 heavy (non-hydrogen) atoms. The number of nitrogens with two attached hydrogens (primary N) is 3. The third-order valence-electron chi connectivity index (χ3n) is 15.3. The van der Waals surface area contributed by atoms with Crippen molar-refractivity contribution in [2.24, 2.45) is 35.0 Å². The largest absolute Gasteiger partial charge is 0.508 e. The van der Waals surface area contributed by atoms with Crippen molar-refractivity contribution in [3.63, 3.8) is 0 Å². The van der Waals surface area contributed by atoms with Gasteiger partial charge in [-0.3, -0.25) is 57.5 Å². The number of benzene rings is 3. The predicted octanol–water partition coefficient (Wildman–Crippen LogP) is -0.584. The van der Waals surface area contributed by atoms with E-state index >= 15 is 4.79 Å². The van der Waals surface area contributed by atoms with E-state index in [-0.39, 0.29) is 82.0 Å². The number of nitrogens with one attached hydrogen (secondary N) is 9. The number of carbonyl (C=O) groups excluding carboxylic acids is 12. The fourth-order valence-electron chi connectivity index (χ4n) is 10.6. The zero-order valence-corrected chi connectivity index (χ0v) is 51.5. The van der Waals surface area contributed by atoms with Crippen LogP contribution >= 0.6 is 0 Å². The lowest BCUT2D eigenvalue weighted by Gasteiger charge is -2.32. The van der Waals surface area contributed by atoms with Crippen molar-refractivity contribution in [3.05, 3.63) is 102 Å². The van der Waals surface area contributed by atoms with Gasteiger partial charge in [-0.1, -0.05) is 114 Å². The van der Waals surface area contributed by atoms with Crippen LogP contribution in [0.25, 0.3) is 0 Å². The number of rotatable bonds is 19. The van der Waals surface area contributed by atoms with Gasteiger partial charge in [0.1, 0.15) is 66.2 Å². The average Bonchev–Trinajstić information content (AvgIpc) is 2.60. The van der Waals surface area contributed by atoms with E-state index < -0.39 is 156 Å². The van der Waals surface area contributed by atoms with E-state index in [9.17, 15) is 57.8 Å². The van der Waals surface area contributed by atoms with Crippen molar-refractivity contribution in [3.8, 4) is 5.75 Å². The van der Waals surface area contributed by atoms with Gasteiger partial charge in [0.05, 0.1) is 6.42 Å². The molecule has 12 amide bonds. The first-order chi connectivity index (χ1) is 42.2. The van der Waals surface area contributed by atoms with Gasteiger partial charge < -0.3 is 75.1 Å². The van der Waals surface area contributed by atoms with E-state index in [0.29, 0.717) is 23.1 Å². The molecular weight excluding hydrogens is 1150 g/mol. The van der Waals surface area contributed by atoms with Gasteiger partial charge in [-0.05, 0) is 98.1 Å². The Balaban J connectivity index is 1.64. The van der Waals surface area contributed by atoms with Gasteiger partial charge in [0.15, 0.2) is 0 Å². The number of phenolic OH excluding ortho intramolecular Hbond substituents is 1. The molecule has 0 aliphatic carbocycles. The monoisotopic (exact) mass is 1240 g/mol. The van der Waals surface area contributed by atoms with E-state index in [1.807, 2.05) is 13.8 Å². The molecule has 0 unspecified atom stereocenters. The Bertz CT molecular complexity index is 2950. The average molecular weight is 1240 g/mol. The molecular formula is C63H89N13O13. The smallest absolute Gasteiger partial charge is 0.246 e. The SMILES string of the molecule is CC(C)C[C@@H]1NC(=O)[C@H](CCCN)NC(=O)[C@H](C(C)C)NC(=O)[C@H](Cc2ccc(O)cc2)NC(=O)[C@H](CCC(N)=O)NC(=O)[C@H](CC(N)=O)NC(=O)[C@H](Cc2ccccc2)NC(=O)[C@H](CC(C)C)NC(=O)[C@@H]2CCCN2C(=O)[C@H](Cc2ccccc2)NC1=O. The summed E-state index contributed by atoms with van der Waals surface area (Å²) in [5.41, 5.74) is 18.7. The number of primary amides is 2. The van der Waals surface area contributed by atoms with Gasteiger partial charge in [-0.25, -0.2) is 0 Å². The van der Waals surface area contributed by atoms with Crippen LogP contribution in [0.4, 0.5) is 0 Å². The summed E-state index contributed by atoms with van der Waals surface area (Å²) in [6.07, 6.45) is -1.45. The number of carbonyl (C=O) groups is 12.